The van der Waals surface area contributed by atoms with Crippen molar-refractivity contribution in [2.24, 2.45) is 0 Å². The van der Waals surface area contributed by atoms with E-state index in [4.69, 9.17) is 18.9 Å². The summed E-state index contributed by atoms with van der Waals surface area (Å²) < 4.78 is 23.4. The molecule has 0 aromatic heterocycles. The maximum atomic E-state index is 13.0. The number of nitrogens with zero attached hydrogens (tertiary/aromatic N) is 1. The third kappa shape index (κ3) is 7.70. The number of benzene rings is 1. The zero-order chi connectivity index (χ0) is 24.8. The third-order valence-electron chi connectivity index (χ3n) is 5.68. The molecule has 0 spiro atoms. The van der Waals surface area contributed by atoms with Crippen LogP contribution in [-0.2, 0) is 19.0 Å². The molecule has 0 saturated carbocycles. The van der Waals surface area contributed by atoms with Crippen LogP contribution in [0.25, 0.3) is 0 Å². The van der Waals surface area contributed by atoms with Crippen LogP contribution in [0, 0.1) is 0 Å². The molecule has 1 aromatic carbocycles. The van der Waals surface area contributed by atoms with E-state index < -0.39 is 11.4 Å². The van der Waals surface area contributed by atoms with Crippen LogP contribution in [0.1, 0.15) is 66.0 Å². The second-order valence-electron chi connectivity index (χ2n) is 9.92. The van der Waals surface area contributed by atoms with E-state index in [1.54, 1.807) is 13.2 Å². The van der Waals surface area contributed by atoms with Crippen molar-refractivity contribution >= 4 is 5.97 Å². The summed E-state index contributed by atoms with van der Waals surface area (Å²) in [5.74, 6) is -0.243. The monoisotopic (exact) mass is 459 g/mol. The van der Waals surface area contributed by atoms with Gasteiger partial charge in [0.25, 0.3) is 0 Å². The van der Waals surface area contributed by atoms with Crippen molar-refractivity contribution in [1.82, 2.24) is 4.90 Å². The molecule has 1 heterocycles. The Kier molecular flexibility index (Phi) is 9.29. The molecule has 1 aromatic rings. The van der Waals surface area contributed by atoms with E-state index in [0.717, 1.165) is 17.7 Å². The van der Waals surface area contributed by atoms with Gasteiger partial charge in [-0.05, 0) is 65.7 Å². The molecule has 0 bridgehead atoms. The Balaban J connectivity index is 2.45. The highest BCUT2D eigenvalue weighted by molar-refractivity contribution is 5.70. The highest BCUT2D eigenvalue weighted by atomic mass is 16.8. The molecule has 1 aliphatic heterocycles. The average Bonchev–Trinajstić information content (AvgIpc) is 3.06. The van der Waals surface area contributed by atoms with Gasteiger partial charge in [0.1, 0.15) is 23.6 Å². The summed E-state index contributed by atoms with van der Waals surface area (Å²) >= 11 is 0. The van der Waals surface area contributed by atoms with Crippen molar-refractivity contribution in [3.8, 4) is 5.75 Å². The Hall–Kier alpha value is -2.15. The van der Waals surface area contributed by atoms with Gasteiger partial charge in [-0.2, -0.15) is 0 Å². The Morgan fingerprint density at radius 2 is 1.85 bits per heavy atom. The quantitative estimate of drug-likeness (QED) is 0.324. The van der Waals surface area contributed by atoms with E-state index in [9.17, 15) is 4.79 Å². The lowest BCUT2D eigenvalue weighted by Gasteiger charge is -2.40. The molecule has 184 valence electrons. The summed E-state index contributed by atoms with van der Waals surface area (Å²) in [7, 11) is 1.65. The van der Waals surface area contributed by atoms with E-state index in [0.29, 0.717) is 6.54 Å². The van der Waals surface area contributed by atoms with Crippen LogP contribution in [-0.4, -0.2) is 54.2 Å². The molecule has 0 radical (unpaired) electrons. The Labute approximate surface area is 199 Å². The second-order valence-corrected chi connectivity index (χ2v) is 9.92. The molecule has 0 unspecified atom stereocenters. The zero-order valence-electron chi connectivity index (χ0n) is 21.3. The maximum Gasteiger partial charge on any atom is 0.308 e. The Morgan fingerprint density at radius 3 is 2.36 bits per heavy atom. The fourth-order valence-electron chi connectivity index (χ4n) is 4.23. The molecule has 1 aliphatic rings. The molecule has 4 atom stereocenters. The normalized spacial score (nSPS) is 21.9. The van der Waals surface area contributed by atoms with Gasteiger partial charge in [-0.15, -0.1) is 13.2 Å². The maximum absolute atomic E-state index is 13.0. The molecule has 33 heavy (non-hydrogen) atoms. The van der Waals surface area contributed by atoms with Crippen LogP contribution in [0.3, 0.4) is 0 Å². The fraction of sp³-hybridized carbons (Fsp3) is 0.593. The van der Waals surface area contributed by atoms with Gasteiger partial charge in [-0.3, -0.25) is 9.69 Å². The predicted octanol–water partition coefficient (Wildman–Crippen LogP) is 5.44. The zero-order valence-corrected chi connectivity index (χ0v) is 21.3. The lowest BCUT2D eigenvalue weighted by Crippen LogP contribution is -2.50. The molecule has 0 amide bonds. The Morgan fingerprint density at radius 1 is 1.21 bits per heavy atom. The van der Waals surface area contributed by atoms with Crippen molar-refractivity contribution in [2.45, 2.75) is 90.1 Å². The lowest BCUT2D eigenvalue weighted by atomic mass is 9.96. The van der Waals surface area contributed by atoms with Crippen LogP contribution >= 0.6 is 0 Å². The van der Waals surface area contributed by atoms with Crippen LogP contribution < -0.4 is 4.74 Å². The number of esters is 1. The summed E-state index contributed by atoms with van der Waals surface area (Å²) in [5, 5.41) is 0. The van der Waals surface area contributed by atoms with Crippen LogP contribution in [0.4, 0.5) is 0 Å². The average molecular weight is 460 g/mol. The lowest BCUT2D eigenvalue weighted by molar-refractivity contribution is -0.164. The second kappa shape index (κ2) is 11.3. The number of carbonyl (C=O) groups excluding carboxylic acids is 1. The van der Waals surface area contributed by atoms with Gasteiger partial charge in [0.05, 0.1) is 13.5 Å². The number of rotatable bonds is 11. The molecular weight excluding hydrogens is 418 g/mol. The predicted molar refractivity (Wildman–Crippen MR) is 131 cm³/mol. The van der Waals surface area contributed by atoms with Gasteiger partial charge in [0.15, 0.2) is 5.79 Å². The van der Waals surface area contributed by atoms with Gasteiger partial charge in [0.2, 0.25) is 0 Å². The Bertz CT molecular complexity index is 796. The molecular formula is C27H41NO5. The molecule has 6 heteroatoms. The van der Waals surface area contributed by atoms with Gasteiger partial charge in [-0.1, -0.05) is 24.3 Å². The minimum atomic E-state index is -0.775. The molecule has 1 fully saturated rings. The molecule has 2 rings (SSSR count). The van der Waals surface area contributed by atoms with Crippen LogP contribution in [0.15, 0.2) is 49.6 Å². The van der Waals surface area contributed by atoms with E-state index in [-0.39, 0.29) is 36.7 Å². The van der Waals surface area contributed by atoms with Crippen LogP contribution in [0.2, 0.25) is 0 Å². The smallest absolute Gasteiger partial charge is 0.308 e. The topological polar surface area (TPSA) is 57.2 Å². The summed E-state index contributed by atoms with van der Waals surface area (Å²) in [6.07, 6.45) is 3.85. The highest BCUT2D eigenvalue weighted by Gasteiger charge is 2.47. The van der Waals surface area contributed by atoms with Crippen molar-refractivity contribution in [2.75, 3.05) is 13.7 Å². The van der Waals surface area contributed by atoms with E-state index in [2.05, 4.69) is 37.1 Å². The molecule has 0 aliphatic carbocycles. The fourth-order valence-corrected chi connectivity index (χ4v) is 4.23. The van der Waals surface area contributed by atoms with Crippen LogP contribution in [0.5, 0.6) is 5.75 Å². The number of methoxy groups -OCH3 is 1. The van der Waals surface area contributed by atoms with E-state index in [1.807, 2.05) is 52.8 Å². The van der Waals surface area contributed by atoms with Gasteiger partial charge < -0.3 is 18.9 Å². The van der Waals surface area contributed by atoms with E-state index in [1.165, 1.54) is 0 Å². The number of hydrogen-bond acceptors (Lipinski definition) is 6. The number of hydrogen-bond donors (Lipinski definition) is 0. The summed E-state index contributed by atoms with van der Waals surface area (Å²) in [4.78, 5) is 15.3. The van der Waals surface area contributed by atoms with Gasteiger partial charge in [0, 0.05) is 18.6 Å². The summed E-state index contributed by atoms with van der Waals surface area (Å²) in [6, 6.07) is 7.71. The van der Waals surface area contributed by atoms with Gasteiger partial charge >= 0.3 is 5.97 Å². The third-order valence-corrected chi connectivity index (χ3v) is 5.68. The number of carbonyl (C=O) groups is 1. The first-order valence-electron chi connectivity index (χ1n) is 11.6. The molecule has 1 saturated heterocycles. The summed E-state index contributed by atoms with van der Waals surface area (Å²) in [5.41, 5.74) is 0.543. The van der Waals surface area contributed by atoms with Crippen molar-refractivity contribution in [3.05, 3.63) is 55.1 Å². The SMILES string of the molecule is C=CCCN([C@H](C)c1ccc(OC)cc1)[C@@H](CC(=O)OC(C)(C)C)[C@@H]1OC(C)(C)O[C@H]1C=C. The molecule has 0 N–H and O–H groups in total. The standard InChI is InChI=1S/C27H41NO5/c1-10-12-17-28(19(3)20-13-15-21(30-9)16-14-20)22(18-24(29)32-26(4,5)6)25-23(11-2)31-27(7,8)33-25/h10-11,13-16,19,22-23,25H,1-2,12,17-18H2,3-9H3/t19-,22+,23+,25+/m1/s1. The highest BCUT2D eigenvalue weighted by Crippen LogP contribution is 2.36. The van der Waals surface area contributed by atoms with Gasteiger partial charge in [-0.25, -0.2) is 0 Å². The first kappa shape index (κ1) is 27.1. The minimum absolute atomic E-state index is 0.000991. The number of ether oxygens (including phenoxy) is 4. The molecule has 6 nitrogen and oxygen atoms in total. The van der Waals surface area contributed by atoms with Crippen molar-refractivity contribution < 1.29 is 23.7 Å². The first-order valence-corrected chi connectivity index (χ1v) is 11.6. The van der Waals surface area contributed by atoms with E-state index >= 15 is 0 Å². The minimum Gasteiger partial charge on any atom is -0.497 e. The summed E-state index contributed by atoms with van der Waals surface area (Å²) in [6.45, 7) is 20.1. The first-order chi connectivity index (χ1) is 15.4. The largest absolute Gasteiger partial charge is 0.497 e. The van der Waals surface area contributed by atoms with Crippen molar-refractivity contribution in [1.29, 1.82) is 0 Å². The van der Waals surface area contributed by atoms with Crippen molar-refractivity contribution in [3.63, 3.8) is 0 Å².